The number of aromatic nitrogens is 2. The molecule has 2 unspecified atom stereocenters. The molecular weight excluding hydrogens is 310 g/mol. The summed E-state index contributed by atoms with van der Waals surface area (Å²) >= 11 is 6.38. The summed E-state index contributed by atoms with van der Waals surface area (Å²) < 4.78 is 1.79. The maximum absolute atomic E-state index is 6.69. The summed E-state index contributed by atoms with van der Waals surface area (Å²) in [5.41, 5.74) is 7.36. The molecule has 2 aromatic rings. The molecule has 3 rings (SSSR count). The zero-order valence-electron chi connectivity index (χ0n) is 13.3. The number of hydrogen-bond donors (Lipinski definition) is 1. The van der Waals surface area contributed by atoms with Gasteiger partial charge in [0.15, 0.2) is 0 Å². The van der Waals surface area contributed by atoms with Gasteiger partial charge in [0.1, 0.15) is 5.66 Å². The second kappa shape index (κ2) is 6.83. The van der Waals surface area contributed by atoms with Crippen LogP contribution in [-0.2, 0) is 6.42 Å². The Hall–Kier alpha value is -1.69. The van der Waals surface area contributed by atoms with Crippen molar-refractivity contribution in [3.8, 4) is 0 Å². The largest absolute Gasteiger partial charge is 0.317 e. The van der Waals surface area contributed by atoms with Gasteiger partial charge in [0.05, 0.1) is 12.6 Å². The molecule has 2 heterocycles. The first-order valence-electron chi connectivity index (χ1n) is 7.92. The second-order valence-corrected chi connectivity index (χ2v) is 6.50. The highest BCUT2D eigenvalue weighted by Gasteiger charge is 2.43. The Morgan fingerprint density at radius 3 is 2.57 bits per heavy atom. The lowest BCUT2D eigenvalue weighted by Gasteiger charge is -2.51. The fraction of sp³-hybridized carbons (Fsp3) is 0.412. The molecule has 23 heavy (non-hydrogen) atoms. The van der Waals surface area contributed by atoms with Crippen LogP contribution in [0.2, 0.25) is 0 Å². The topological polar surface area (TPSA) is 58.3 Å². The van der Waals surface area contributed by atoms with Crippen LogP contribution in [0.3, 0.4) is 0 Å². The third-order valence-electron chi connectivity index (χ3n) is 4.39. The Kier molecular flexibility index (Phi) is 4.80. The van der Waals surface area contributed by atoms with Crippen molar-refractivity contribution in [3.05, 3.63) is 54.4 Å². The van der Waals surface area contributed by atoms with E-state index in [4.69, 9.17) is 17.5 Å². The molecule has 122 valence electrons. The highest BCUT2D eigenvalue weighted by atomic mass is 35.5. The highest BCUT2D eigenvalue weighted by molar-refractivity contribution is 6.13. The molecule has 2 atom stereocenters. The molecule has 1 aliphatic heterocycles. The van der Waals surface area contributed by atoms with Gasteiger partial charge < -0.3 is 10.6 Å². The average molecular weight is 332 g/mol. The predicted octanol–water partition coefficient (Wildman–Crippen LogP) is 2.43. The van der Waals surface area contributed by atoms with E-state index in [9.17, 15) is 0 Å². The summed E-state index contributed by atoms with van der Waals surface area (Å²) in [6.07, 6.45) is 5.12. The van der Waals surface area contributed by atoms with Crippen LogP contribution in [0.15, 0.2) is 48.8 Å². The van der Waals surface area contributed by atoms with Gasteiger partial charge in [-0.25, -0.2) is 14.4 Å². The molecule has 0 radical (unpaired) electrons. The summed E-state index contributed by atoms with van der Waals surface area (Å²) in [6, 6.07) is 12.3. The van der Waals surface area contributed by atoms with Gasteiger partial charge in [-0.1, -0.05) is 37.3 Å². The number of piperazine rings is 1. The lowest BCUT2D eigenvalue weighted by Crippen LogP contribution is -2.70. The molecule has 0 aliphatic carbocycles. The van der Waals surface area contributed by atoms with Gasteiger partial charge in [-0.2, -0.15) is 0 Å². The summed E-state index contributed by atoms with van der Waals surface area (Å²) in [6.45, 7) is 3.37. The molecule has 1 aromatic heterocycles. The van der Waals surface area contributed by atoms with Crippen molar-refractivity contribution < 1.29 is 0 Å². The number of halogens is 1. The van der Waals surface area contributed by atoms with Gasteiger partial charge in [-0.15, -0.1) is 0 Å². The van der Waals surface area contributed by atoms with Crippen molar-refractivity contribution >= 4 is 17.7 Å². The van der Waals surface area contributed by atoms with Gasteiger partial charge in [-0.05, 0) is 36.2 Å². The monoisotopic (exact) mass is 331 g/mol. The number of nitrogens with two attached hydrogens (primary N) is 1. The van der Waals surface area contributed by atoms with Crippen molar-refractivity contribution in [3.63, 3.8) is 0 Å². The summed E-state index contributed by atoms with van der Waals surface area (Å²) in [5.74, 6) is 0.669. The summed E-state index contributed by atoms with van der Waals surface area (Å²) in [7, 11) is 0. The predicted molar refractivity (Wildman–Crippen MR) is 93.1 cm³/mol. The van der Waals surface area contributed by atoms with E-state index in [0.29, 0.717) is 19.0 Å². The fourth-order valence-electron chi connectivity index (χ4n) is 3.21. The van der Waals surface area contributed by atoms with Gasteiger partial charge >= 0.3 is 0 Å². The Morgan fingerprint density at radius 1 is 1.22 bits per heavy atom. The highest BCUT2D eigenvalue weighted by Crippen LogP contribution is 2.30. The molecule has 0 spiro atoms. The fourth-order valence-corrected chi connectivity index (χ4v) is 3.58. The van der Waals surface area contributed by atoms with Crippen LogP contribution >= 0.6 is 11.8 Å². The molecule has 6 heteroatoms. The third kappa shape index (κ3) is 3.47. The van der Waals surface area contributed by atoms with Crippen LogP contribution in [0.1, 0.15) is 18.9 Å². The van der Waals surface area contributed by atoms with Gasteiger partial charge in [0.2, 0.25) is 5.95 Å². The van der Waals surface area contributed by atoms with Crippen LogP contribution < -0.4 is 10.6 Å². The minimum atomic E-state index is -0.583. The number of hydrogen-bond acceptors (Lipinski definition) is 5. The third-order valence-corrected chi connectivity index (χ3v) is 4.65. The standard InChI is InChI=1S/C17H22ClN5/c1-2-17(19)13-22(18)12-15(11-14-7-4-3-5-8-14)23(17)16-20-9-6-10-21-16/h3-10,15H,2,11-13,19H2,1H3. The van der Waals surface area contributed by atoms with E-state index in [1.165, 1.54) is 5.56 Å². The van der Waals surface area contributed by atoms with Crippen molar-refractivity contribution in [1.29, 1.82) is 0 Å². The normalized spacial score (nSPS) is 25.5. The Balaban J connectivity index is 1.96. The molecule has 1 saturated heterocycles. The molecule has 1 aromatic carbocycles. The molecule has 1 fully saturated rings. The molecule has 5 nitrogen and oxygen atoms in total. The van der Waals surface area contributed by atoms with Crippen LogP contribution in [0.5, 0.6) is 0 Å². The molecule has 0 saturated carbocycles. The first-order chi connectivity index (χ1) is 11.1. The lowest BCUT2D eigenvalue weighted by atomic mass is 9.95. The quantitative estimate of drug-likeness (QED) is 0.872. The van der Waals surface area contributed by atoms with Crippen molar-refractivity contribution in [1.82, 2.24) is 14.4 Å². The van der Waals surface area contributed by atoms with Crippen LogP contribution in [0, 0.1) is 0 Å². The molecule has 1 aliphatic rings. The number of rotatable bonds is 4. The first kappa shape index (κ1) is 16.2. The first-order valence-corrected chi connectivity index (χ1v) is 8.26. The van der Waals surface area contributed by atoms with E-state index in [1.54, 1.807) is 16.8 Å². The maximum atomic E-state index is 6.69. The lowest BCUT2D eigenvalue weighted by molar-refractivity contribution is 0.202. The molecule has 0 amide bonds. The number of nitrogens with zero attached hydrogens (tertiary/aromatic N) is 4. The van der Waals surface area contributed by atoms with Crippen molar-refractivity contribution in [2.45, 2.75) is 31.5 Å². The summed E-state index contributed by atoms with van der Waals surface area (Å²) in [5, 5.41) is 0. The van der Waals surface area contributed by atoms with Gasteiger partial charge in [-0.3, -0.25) is 0 Å². The SMILES string of the molecule is CCC1(N)CN(Cl)CC(Cc2ccccc2)N1c1ncccn1. The van der Waals surface area contributed by atoms with E-state index in [0.717, 1.165) is 12.8 Å². The zero-order chi connectivity index (χ0) is 16.3. The molecule has 0 bridgehead atoms. The van der Waals surface area contributed by atoms with Gasteiger partial charge in [0.25, 0.3) is 0 Å². The maximum Gasteiger partial charge on any atom is 0.227 e. The minimum Gasteiger partial charge on any atom is -0.317 e. The van der Waals surface area contributed by atoms with Crippen LogP contribution in [0.25, 0.3) is 0 Å². The number of benzene rings is 1. The molecular formula is C17H22ClN5. The second-order valence-electron chi connectivity index (χ2n) is 6.02. The Labute approximate surface area is 142 Å². The number of anilines is 1. The van der Waals surface area contributed by atoms with Crippen molar-refractivity contribution in [2.24, 2.45) is 5.73 Å². The van der Waals surface area contributed by atoms with Gasteiger partial charge in [0, 0.05) is 18.9 Å². The minimum absolute atomic E-state index is 0.121. The van der Waals surface area contributed by atoms with E-state index >= 15 is 0 Å². The molecule has 2 N–H and O–H groups in total. The summed E-state index contributed by atoms with van der Waals surface area (Å²) in [4.78, 5) is 11.0. The van der Waals surface area contributed by atoms with E-state index in [-0.39, 0.29) is 6.04 Å². The smallest absolute Gasteiger partial charge is 0.227 e. The van der Waals surface area contributed by atoms with Crippen LogP contribution in [-0.4, -0.2) is 39.2 Å². The average Bonchev–Trinajstić information content (AvgIpc) is 2.56. The van der Waals surface area contributed by atoms with Crippen LogP contribution in [0.4, 0.5) is 5.95 Å². The van der Waals surface area contributed by atoms with Crippen molar-refractivity contribution in [2.75, 3.05) is 18.0 Å². The Morgan fingerprint density at radius 2 is 1.91 bits per heavy atom. The van der Waals surface area contributed by atoms with E-state index in [2.05, 4.69) is 46.1 Å². The van der Waals surface area contributed by atoms with E-state index < -0.39 is 5.66 Å². The van der Waals surface area contributed by atoms with E-state index in [1.807, 2.05) is 12.1 Å². The Bertz CT molecular complexity index is 623. The zero-order valence-corrected chi connectivity index (χ0v) is 14.0.